The summed E-state index contributed by atoms with van der Waals surface area (Å²) in [6, 6.07) is 0. The number of hydrogen-bond acceptors (Lipinski definition) is 5. The molecule has 0 aliphatic heterocycles. The van der Waals surface area contributed by atoms with Gasteiger partial charge < -0.3 is 4.52 Å². The molecule has 1 unspecified atom stereocenters. The van der Waals surface area contributed by atoms with Gasteiger partial charge in [0.2, 0.25) is 5.89 Å². The maximum Gasteiger partial charge on any atom is 0.229 e. The fourth-order valence-corrected chi connectivity index (χ4v) is 1.65. The summed E-state index contributed by atoms with van der Waals surface area (Å²) in [5.74, 6) is 1.85. The summed E-state index contributed by atoms with van der Waals surface area (Å²) in [5.41, 5.74) is 0.748. The fourth-order valence-electron chi connectivity index (χ4n) is 1.55. The third-order valence-corrected chi connectivity index (χ3v) is 2.90. The second-order valence-corrected chi connectivity index (χ2v) is 4.93. The van der Waals surface area contributed by atoms with Crippen molar-refractivity contribution in [2.45, 2.75) is 37.6 Å². The van der Waals surface area contributed by atoms with Crippen molar-refractivity contribution < 1.29 is 4.52 Å². The molecule has 0 spiro atoms. The minimum Gasteiger partial charge on any atom is -0.339 e. The maximum absolute atomic E-state index is 5.91. The summed E-state index contributed by atoms with van der Waals surface area (Å²) < 4.78 is 6.83. The zero-order chi connectivity index (χ0) is 11.8. The van der Waals surface area contributed by atoms with Gasteiger partial charge in [0.05, 0.1) is 11.6 Å². The highest BCUT2D eigenvalue weighted by Gasteiger charge is 2.29. The summed E-state index contributed by atoms with van der Waals surface area (Å²) in [6.07, 6.45) is 4.10. The lowest BCUT2D eigenvalue weighted by Gasteiger charge is -1.94. The first-order chi connectivity index (χ1) is 8.22. The molecule has 1 aliphatic rings. The molecule has 3 rings (SSSR count). The Morgan fingerprint density at radius 2 is 2.41 bits per heavy atom. The molecule has 0 aromatic carbocycles. The van der Waals surface area contributed by atoms with Gasteiger partial charge in [0, 0.05) is 5.92 Å². The van der Waals surface area contributed by atoms with Crippen LogP contribution >= 0.6 is 11.6 Å². The molecule has 7 heteroatoms. The van der Waals surface area contributed by atoms with Gasteiger partial charge in [-0.3, -0.25) is 0 Å². The Bertz CT molecular complexity index is 478. The quantitative estimate of drug-likeness (QED) is 0.778. The molecule has 0 radical (unpaired) electrons. The van der Waals surface area contributed by atoms with Crippen molar-refractivity contribution >= 4 is 11.6 Å². The zero-order valence-electron chi connectivity index (χ0n) is 9.38. The Morgan fingerprint density at radius 3 is 3.06 bits per heavy atom. The van der Waals surface area contributed by atoms with Gasteiger partial charge in [-0.05, 0) is 19.8 Å². The second kappa shape index (κ2) is 4.10. The summed E-state index contributed by atoms with van der Waals surface area (Å²) >= 11 is 5.91. The standard InChI is InChI=1S/C10H12ClN5O/c1-6(11)8-4-16(15-13-8)5-9-12-10(17-14-9)7-2-3-7/h4,6-7H,2-3,5H2,1H3. The Kier molecular flexibility index (Phi) is 2.58. The second-order valence-electron chi connectivity index (χ2n) is 4.28. The minimum atomic E-state index is -0.143. The number of hydrogen-bond donors (Lipinski definition) is 0. The highest BCUT2D eigenvalue weighted by molar-refractivity contribution is 6.20. The first kappa shape index (κ1) is 10.7. The monoisotopic (exact) mass is 253 g/mol. The van der Waals surface area contributed by atoms with Crippen molar-refractivity contribution in [2.24, 2.45) is 0 Å². The van der Waals surface area contributed by atoms with E-state index in [1.165, 1.54) is 0 Å². The van der Waals surface area contributed by atoms with Crippen LogP contribution in [0.3, 0.4) is 0 Å². The number of nitrogens with zero attached hydrogens (tertiary/aromatic N) is 5. The van der Waals surface area contributed by atoms with Crippen LogP contribution in [0, 0.1) is 0 Å². The Balaban J connectivity index is 1.71. The van der Waals surface area contributed by atoms with Crippen LogP contribution in [0.1, 0.15) is 48.5 Å². The number of alkyl halides is 1. The van der Waals surface area contributed by atoms with E-state index in [0.717, 1.165) is 24.4 Å². The van der Waals surface area contributed by atoms with Crippen molar-refractivity contribution in [3.05, 3.63) is 23.6 Å². The topological polar surface area (TPSA) is 69.6 Å². The van der Waals surface area contributed by atoms with Crippen LogP contribution in [0.25, 0.3) is 0 Å². The number of rotatable bonds is 4. The van der Waals surface area contributed by atoms with Crippen molar-refractivity contribution in [1.82, 2.24) is 25.1 Å². The molecule has 6 nitrogen and oxygen atoms in total. The zero-order valence-corrected chi connectivity index (χ0v) is 10.1. The van der Waals surface area contributed by atoms with Gasteiger partial charge in [-0.1, -0.05) is 10.4 Å². The van der Waals surface area contributed by atoms with Crippen molar-refractivity contribution in [3.8, 4) is 0 Å². The molecule has 0 amide bonds. The van der Waals surface area contributed by atoms with Gasteiger partial charge in [-0.2, -0.15) is 4.98 Å². The van der Waals surface area contributed by atoms with Crippen LogP contribution in [-0.4, -0.2) is 25.1 Å². The molecule has 2 heterocycles. The lowest BCUT2D eigenvalue weighted by molar-refractivity contribution is 0.372. The highest BCUT2D eigenvalue weighted by atomic mass is 35.5. The predicted molar refractivity (Wildman–Crippen MR) is 59.7 cm³/mol. The summed E-state index contributed by atoms with van der Waals surface area (Å²) in [6.45, 7) is 2.32. The summed E-state index contributed by atoms with van der Waals surface area (Å²) in [7, 11) is 0. The van der Waals surface area contributed by atoms with E-state index in [-0.39, 0.29) is 5.38 Å². The first-order valence-corrected chi connectivity index (χ1v) is 6.02. The molecule has 0 saturated heterocycles. The third kappa shape index (κ3) is 2.31. The molecule has 0 N–H and O–H groups in total. The SMILES string of the molecule is CC(Cl)c1cn(Cc2noc(C3CC3)n2)nn1. The van der Waals surface area contributed by atoms with Gasteiger partial charge in [-0.25, -0.2) is 4.68 Å². The van der Waals surface area contributed by atoms with Gasteiger partial charge in [-0.15, -0.1) is 16.7 Å². The van der Waals surface area contributed by atoms with Crippen molar-refractivity contribution in [1.29, 1.82) is 0 Å². The van der Waals surface area contributed by atoms with E-state index in [1.54, 1.807) is 10.9 Å². The van der Waals surface area contributed by atoms with Gasteiger partial charge in [0.25, 0.3) is 0 Å². The largest absolute Gasteiger partial charge is 0.339 e. The summed E-state index contributed by atoms with van der Waals surface area (Å²) in [4.78, 5) is 4.32. The van der Waals surface area contributed by atoms with Gasteiger partial charge in [0.1, 0.15) is 12.2 Å². The maximum atomic E-state index is 5.91. The van der Waals surface area contributed by atoms with Crippen LogP contribution < -0.4 is 0 Å². The molecule has 2 aromatic heterocycles. The molecule has 90 valence electrons. The molecule has 1 saturated carbocycles. The van der Waals surface area contributed by atoms with Crippen LogP contribution in [0.5, 0.6) is 0 Å². The molecular weight excluding hydrogens is 242 g/mol. The fraction of sp³-hybridized carbons (Fsp3) is 0.600. The molecule has 17 heavy (non-hydrogen) atoms. The Labute approximate surface area is 103 Å². The smallest absolute Gasteiger partial charge is 0.229 e. The number of aromatic nitrogens is 5. The average molecular weight is 254 g/mol. The van der Waals surface area contributed by atoms with Gasteiger partial charge in [0.15, 0.2) is 5.82 Å². The normalized spacial score (nSPS) is 17.3. The Hall–Kier alpha value is -1.43. The van der Waals surface area contributed by atoms with Crippen molar-refractivity contribution in [3.63, 3.8) is 0 Å². The van der Waals surface area contributed by atoms with Crippen LogP contribution in [0.15, 0.2) is 10.7 Å². The van der Waals surface area contributed by atoms with E-state index >= 15 is 0 Å². The lowest BCUT2D eigenvalue weighted by atomic mass is 10.4. The molecule has 1 aliphatic carbocycles. The molecule has 0 bridgehead atoms. The van der Waals surface area contributed by atoms with Crippen LogP contribution in [0.4, 0.5) is 0 Å². The Morgan fingerprint density at radius 1 is 1.59 bits per heavy atom. The number of halogens is 1. The van der Waals surface area contributed by atoms with Crippen molar-refractivity contribution in [2.75, 3.05) is 0 Å². The minimum absolute atomic E-state index is 0.143. The van der Waals surface area contributed by atoms with Crippen LogP contribution in [0.2, 0.25) is 0 Å². The van der Waals surface area contributed by atoms with Gasteiger partial charge >= 0.3 is 0 Å². The van der Waals surface area contributed by atoms with E-state index in [1.807, 2.05) is 6.92 Å². The van der Waals surface area contributed by atoms with E-state index in [2.05, 4.69) is 20.5 Å². The van der Waals surface area contributed by atoms with E-state index < -0.39 is 0 Å². The predicted octanol–water partition coefficient (Wildman–Crippen LogP) is 1.89. The molecule has 2 aromatic rings. The molecular formula is C10H12ClN5O. The third-order valence-electron chi connectivity index (χ3n) is 2.68. The van der Waals surface area contributed by atoms with E-state index in [4.69, 9.17) is 16.1 Å². The highest BCUT2D eigenvalue weighted by Crippen LogP contribution is 2.38. The molecule has 1 atom stereocenters. The first-order valence-electron chi connectivity index (χ1n) is 5.59. The van der Waals surface area contributed by atoms with E-state index in [9.17, 15) is 0 Å². The van der Waals surface area contributed by atoms with E-state index in [0.29, 0.717) is 18.3 Å². The van der Waals surface area contributed by atoms with Crippen LogP contribution in [-0.2, 0) is 6.54 Å². The lowest BCUT2D eigenvalue weighted by Crippen LogP contribution is -2.02. The summed E-state index contributed by atoms with van der Waals surface area (Å²) in [5, 5.41) is 11.7. The molecule has 1 fully saturated rings. The average Bonchev–Trinajstić information content (AvgIpc) is 2.87.